The van der Waals surface area contributed by atoms with Gasteiger partial charge < -0.3 is 10.8 Å². The standard InChI is InChI=1S/C18H27N3O2/c1-11-6-13(22)10-21(8-11)9-12-7-15(17(19)23)20-16-14(12)4-5-18(16,2)3/h7,11,13,22H,4-6,8-10H2,1-3H3,(H2,19,23)/t11-,13+/m0/s1. The van der Waals surface area contributed by atoms with Gasteiger partial charge in [0.25, 0.3) is 5.91 Å². The van der Waals surface area contributed by atoms with E-state index in [-0.39, 0.29) is 11.5 Å². The second-order valence-electron chi connectivity index (χ2n) is 7.93. The molecule has 0 unspecified atom stereocenters. The zero-order valence-electron chi connectivity index (χ0n) is 14.3. The molecule has 1 aromatic rings. The van der Waals surface area contributed by atoms with E-state index in [2.05, 4.69) is 30.7 Å². The largest absolute Gasteiger partial charge is 0.392 e. The summed E-state index contributed by atoms with van der Waals surface area (Å²) in [5.41, 5.74) is 9.28. The second kappa shape index (κ2) is 5.87. The molecule has 2 heterocycles. The lowest BCUT2D eigenvalue weighted by molar-refractivity contribution is 0.0407. The Kier molecular flexibility index (Phi) is 4.19. The molecule has 3 rings (SSSR count). The van der Waals surface area contributed by atoms with E-state index in [9.17, 15) is 9.90 Å². The first-order valence-corrected chi connectivity index (χ1v) is 8.50. The quantitative estimate of drug-likeness (QED) is 0.887. The zero-order chi connectivity index (χ0) is 16.8. The summed E-state index contributed by atoms with van der Waals surface area (Å²) in [5.74, 6) is 0.0180. The molecule has 3 N–H and O–H groups in total. The van der Waals surface area contributed by atoms with Crippen molar-refractivity contribution in [1.29, 1.82) is 0 Å². The average molecular weight is 317 g/mol. The number of likely N-dealkylation sites (tertiary alicyclic amines) is 1. The molecule has 2 aliphatic rings. The highest BCUT2D eigenvalue weighted by molar-refractivity contribution is 5.91. The van der Waals surface area contributed by atoms with E-state index in [1.807, 2.05) is 6.07 Å². The van der Waals surface area contributed by atoms with Crippen LogP contribution in [-0.4, -0.2) is 40.1 Å². The number of pyridine rings is 1. The number of aliphatic hydroxyl groups is 1. The number of hydrogen-bond acceptors (Lipinski definition) is 4. The molecule has 126 valence electrons. The Morgan fingerprint density at radius 2 is 2.22 bits per heavy atom. The number of rotatable bonds is 3. The number of carbonyl (C=O) groups excluding carboxylic acids is 1. The van der Waals surface area contributed by atoms with Gasteiger partial charge in [0.05, 0.1) is 11.8 Å². The van der Waals surface area contributed by atoms with Gasteiger partial charge in [0.2, 0.25) is 0 Å². The SMILES string of the molecule is C[C@H]1C[C@@H](O)CN(Cc2cc(C(N)=O)nc3c2CCC3(C)C)C1. The molecule has 23 heavy (non-hydrogen) atoms. The maximum atomic E-state index is 11.7. The summed E-state index contributed by atoms with van der Waals surface area (Å²) in [4.78, 5) is 18.5. The number of carbonyl (C=O) groups is 1. The summed E-state index contributed by atoms with van der Waals surface area (Å²) in [6.45, 7) is 8.94. The van der Waals surface area contributed by atoms with Crippen LogP contribution < -0.4 is 5.73 Å². The minimum Gasteiger partial charge on any atom is -0.392 e. The van der Waals surface area contributed by atoms with Crippen LogP contribution in [0.1, 0.15) is 60.9 Å². The van der Waals surface area contributed by atoms with E-state index in [0.29, 0.717) is 18.2 Å². The minimum absolute atomic E-state index is 0.00968. The first-order chi connectivity index (χ1) is 10.8. The van der Waals surface area contributed by atoms with Gasteiger partial charge >= 0.3 is 0 Å². The third kappa shape index (κ3) is 3.26. The predicted molar refractivity (Wildman–Crippen MR) is 89.2 cm³/mol. The minimum atomic E-state index is -0.469. The molecular formula is C18H27N3O2. The van der Waals surface area contributed by atoms with E-state index < -0.39 is 5.91 Å². The monoisotopic (exact) mass is 317 g/mol. The van der Waals surface area contributed by atoms with E-state index in [1.54, 1.807) is 0 Å². The maximum absolute atomic E-state index is 11.7. The van der Waals surface area contributed by atoms with Crippen LogP contribution in [0.4, 0.5) is 0 Å². The maximum Gasteiger partial charge on any atom is 0.267 e. The number of β-amino-alcohol motifs (C(OH)–C–C–N with tert-alkyl or cyclic N) is 1. The molecule has 0 bridgehead atoms. The van der Waals surface area contributed by atoms with Gasteiger partial charge in [-0.25, -0.2) is 4.98 Å². The second-order valence-corrected chi connectivity index (χ2v) is 7.93. The van der Waals surface area contributed by atoms with Gasteiger partial charge in [-0.05, 0) is 42.4 Å². The van der Waals surface area contributed by atoms with Crippen LogP contribution in [-0.2, 0) is 18.4 Å². The van der Waals surface area contributed by atoms with E-state index in [1.165, 1.54) is 5.56 Å². The average Bonchev–Trinajstić information content (AvgIpc) is 2.73. The Balaban J connectivity index is 1.94. The van der Waals surface area contributed by atoms with Crippen LogP contribution >= 0.6 is 0 Å². The Bertz CT molecular complexity index is 617. The molecule has 0 spiro atoms. The van der Waals surface area contributed by atoms with Crippen molar-refractivity contribution >= 4 is 5.91 Å². The first-order valence-electron chi connectivity index (χ1n) is 8.50. The molecule has 5 nitrogen and oxygen atoms in total. The molecule has 5 heteroatoms. The zero-order valence-corrected chi connectivity index (χ0v) is 14.3. The van der Waals surface area contributed by atoms with Gasteiger partial charge in [-0.3, -0.25) is 9.69 Å². The number of amides is 1. The Labute approximate surface area is 137 Å². The van der Waals surface area contributed by atoms with Crippen molar-refractivity contribution < 1.29 is 9.90 Å². The van der Waals surface area contributed by atoms with Crippen molar-refractivity contribution in [3.63, 3.8) is 0 Å². The van der Waals surface area contributed by atoms with E-state index >= 15 is 0 Å². The summed E-state index contributed by atoms with van der Waals surface area (Å²) in [6, 6.07) is 1.86. The number of nitrogens with zero attached hydrogens (tertiary/aromatic N) is 2. The lowest BCUT2D eigenvalue weighted by Crippen LogP contribution is -2.42. The van der Waals surface area contributed by atoms with Gasteiger partial charge in [0, 0.05) is 25.0 Å². The van der Waals surface area contributed by atoms with E-state index in [0.717, 1.165) is 43.6 Å². The molecule has 1 aromatic heterocycles. The van der Waals surface area contributed by atoms with Crippen molar-refractivity contribution in [3.05, 3.63) is 28.6 Å². The number of primary amides is 1. The highest BCUT2D eigenvalue weighted by atomic mass is 16.3. The fraction of sp³-hybridized carbons (Fsp3) is 0.667. The van der Waals surface area contributed by atoms with Crippen LogP contribution in [0, 0.1) is 5.92 Å². The lowest BCUT2D eigenvalue weighted by atomic mass is 9.90. The summed E-state index contributed by atoms with van der Waals surface area (Å²) >= 11 is 0. The summed E-state index contributed by atoms with van der Waals surface area (Å²) in [6.07, 6.45) is 2.64. The molecular weight excluding hydrogens is 290 g/mol. The van der Waals surface area contributed by atoms with Crippen LogP contribution in [0.15, 0.2) is 6.07 Å². The van der Waals surface area contributed by atoms with Crippen molar-refractivity contribution in [2.45, 2.75) is 58.1 Å². The molecule has 1 aliphatic carbocycles. The van der Waals surface area contributed by atoms with Crippen LogP contribution in [0.25, 0.3) is 0 Å². The Hall–Kier alpha value is -1.46. The molecule has 1 fully saturated rings. The normalized spacial score (nSPS) is 27.0. The summed E-state index contributed by atoms with van der Waals surface area (Å²) in [7, 11) is 0. The smallest absolute Gasteiger partial charge is 0.267 e. The Morgan fingerprint density at radius 1 is 1.48 bits per heavy atom. The van der Waals surface area contributed by atoms with Gasteiger partial charge in [-0.1, -0.05) is 20.8 Å². The third-order valence-corrected chi connectivity index (χ3v) is 5.22. The molecule has 1 saturated heterocycles. The van der Waals surface area contributed by atoms with Crippen LogP contribution in [0.2, 0.25) is 0 Å². The number of fused-ring (bicyclic) bond motifs is 1. The Morgan fingerprint density at radius 3 is 2.87 bits per heavy atom. The molecule has 1 aliphatic heterocycles. The number of piperidine rings is 1. The molecule has 0 saturated carbocycles. The van der Waals surface area contributed by atoms with Crippen molar-refractivity contribution in [2.75, 3.05) is 13.1 Å². The van der Waals surface area contributed by atoms with Gasteiger partial charge in [0.1, 0.15) is 5.69 Å². The van der Waals surface area contributed by atoms with E-state index in [4.69, 9.17) is 5.73 Å². The fourth-order valence-corrected chi connectivity index (χ4v) is 4.08. The fourth-order valence-electron chi connectivity index (χ4n) is 4.08. The predicted octanol–water partition coefficient (Wildman–Crippen LogP) is 1.61. The number of hydrogen-bond donors (Lipinski definition) is 2. The van der Waals surface area contributed by atoms with Crippen molar-refractivity contribution in [2.24, 2.45) is 11.7 Å². The first kappa shape index (κ1) is 16.4. The third-order valence-electron chi connectivity index (χ3n) is 5.22. The molecule has 2 atom stereocenters. The molecule has 0 radical (unpaired) electrons. The lowest BCUT2D eigenvalue weighted by Gasteiger charge is -2.34. The highest BCUT2D eigenvalue weighted by Gasteiger charge is 2.34. The van der Waals surface area contributed by atoms with Gasteiger partial charge in [0.15, 0.2) is 0 Å². The van der Waals surface area contributed by atoms with Gasteiger partial charge in [-0.2, -0.15) is 0 Å². The number of nitrogens with two attached hydrogens (primary N) is 1. The molecule has 1 amide bonds. The van der Waals surface area contributed by atoms with Crippen LogP contribution in [0.3, 0.4) is 0 Å². The number of aliphatic hydroxyl groups excluding tert-OH is 1. The summed E-state index contributed by atoms with van der Waals surface area (Å²) in [5, 5.41) is 10.0. The summed E-state index contributed by atoms with van der Waals surface area (Å²) < 4.78 is 0. The van der Waals surface area contributed by atoms with Crippen molar-refractivity contribution in [3.8, 4) is 0 Å². The number of aromatic nitrogens is 1. The molecule has 0 aromatic carbocycles. The van der Waals surface area contributed by atoms with Crippen LogP contribution in [0.5, 0.6) is 0 Å². The van der Waals surface area contributed by atoms with Gasteiger partial charge in [-0.15, -0.1) is 0 Å². The highest BCUT2D eigenvalue weighted by Crippen LogP contribution is 2.39. The topological polar surface area (TPSA) is 79.5 Å². The van der Waals surface area contributed by atoms with Crippen molar-refractivity contribution in [1.82, 2.24) is 9.88 Å².